The highest BCUT2D eigenvalue weighted by Gasteiger charge is 2.23. The van der Waals surface area contributed by atoms with E-state index in [-0.39, 0.29) is 5.69 Å². The van der Waals surface area contributed by atoms with Crippen LogP contribution in [0.3, 0.4) is 0 Å². The van der Waals surface area contributed by atoms with Crippen molar-refractivity contribution in [2.45, 2.75) is 6.42 Å². The second-order valence-electron chi connectivity index (χ2n) is 5.75. The summed E-state index contributed by atoms with van der Waals surface area (Å²) in [6, 6.07) is 11.5. The summed E-state index contributed by atoms with van der Waals surface area (Å²) < 4.78 is 13.1. The van der Waals surface area contributed by atoms with Gasteiger partial charge in [-0.1, -0.05) is 28.1 Å². The third-order valence-electron chi connectivity index (χ3n) is 4.25. The van der Waals surface area contributed by atoms with Gasteiger partial charge in [0.2, 0.25) is 0 Å². The maximum atomic E-state index is 12.1. The Balaban J connectivity index is 2.01. The fourth-order valence-corrected chi connectivity index (χ4v) is 3.24. The summed E-state index contributed by atoms with van der Waals surface area (Å²) in [6.07, 6.45) is 0.442. The molecule has 0 unspecified atom stereocenters. The molecule has 0 amide bonds. The molecule has 0 spiro atoms. The van der Waals surface area contributed by atoms with Gasteiger partial charge in [0.05, 0.1) is 19.9 Å². The Hall–Kier alpha value is -2.87. The fraction of sp³-hybridized carbons (Fsp3) is 0.167. The van der Waals surface area contributed by atoms with Crippen LogP contribution in [0.25, 0.3) is 0 Å². The van der Waals surface area contributed by atoms with Gasteiger partial charge >= 0.3 is 5.69 Å². The zero-order valence-corrected chi connectivity index (χ0v) is 15.7. The molecule has 4 rings (SSSR count). The molecular formula is C18H15BrN4O3. The van der Waals surface area contributed by atoms with E-state index in [0.717, 1.165) is 21.2 Å². The monoisotopic (exact) mass is 414 g/mol. The van der Waals surface area contributed by atoms with Crippen LogP contribution in [-0.2, 0) is 6.42 Å². The van der Waals surface area contributed by atoms with E-state index in [9.17, 15) is 4.79 Å². The molecule has 8 heteroatoms. The smallest absolute Gasteiger partial charge is 0.364 e. The van der Waals surface area contributed by atoms with Crippen LogP contribution >= 0.6 is 15.9 Å². The van der Waals surface area contributed by atoms with E-state index in [2.05, 4.69) is 31.2 Å². The number of nitrogens with zero attached hydrogens (tertiary/aromatic N) is 3. The number of methoxy groups -OCH3 is 2. The van der Waals surface area contributed by atoms with Gasteiger partial charge in [0.1, 0.15) is 0 Å². The molecule has 1 aliphatic heterocycles. The second-order valence-corrected chi connectivity index (χ2v) is 6.67. The zero-order chi connectivity index (χ0) is 18.3. The third-order valence-corrected chi connectivity index (χ3v) is 4.78. The van der Waals surface area contributed by atoms with Gasteiger partial charge in [-0.05, 0) is 29.8 Å². The van der Waals surface area contributed by atoms with E-state index in [1.165, 1.54) is 4.68 Å². The Morgan fingerprint density at radius 2 is 1.81 bits per heavy atom. The minimum absolute atomic E-state index is 0.374. The summed E-state index contributed by atoms with van der Waals surface area (Å²) in [5.41, 5.74) is 2.98. The Labute approximate surface area is 157 Å². The van der Waals surface area contributed by atoms with Crippen LogP contribution in [0, 0.1) is 0 Å². The number of ether oxygens (including phenoxy) is 2. The number of halogens is 1. The Bertz CT molecular complexity index is 1070. The Morgan fingerprint density at radius 3 is 2.50 bits per heavy atom. The molecule has 7 nitrogen and oxygen atoms in total. The average molecular weight is 415 g/mol. The molecule has 0 radical (unpaired) electrons. The van der Waals surface area contributed by atoms with E-state index in [4.69, 9.17) is 9.47 Å². The lowest BCUT2D eigenvalue weighted by molar-refractivity contribution is 0.354. The first-order valence-electron chi connectivity index (χ1n) is 7.87. The maximum absolute atomic E-state index is 12.1. The van der Waals surface area contributed by atoms with Crippen LogP contribution in [0.1, 0.15) is 22.5 Å². The maximum Gasteiger partial charge on any atom is 0.364 e. The minimum Gasteiger partial charge on any atom is -0.493 e. The van der Waals surface area contributed by atoms with Crippen LogP contribution in [0.2, 0.25) is 0 Å². The molecule has 0 aliphatic carbocycles. The molecule has 0 saturated carbocycles. The minimum atomic E-state index is -0.374. The number of hydrogen-bond acceptors (Lipinski definition) is 5. The van der Waals surface area contributed by atoms with E-state index in [1.54, 1.807) is 14.2 Å². The largest absolute Gasteiger partial charge is 0.493 e. The first-order valence-corrected chi connectivity index (χ1v) is 8.66. The molecule has 0 saturated heterocycles. The normalized spacial score (nSPS) is 12.7. The van der Waals surface area contributed by atoms with Crippen LogP contribution in [0.5, 0.6) is 11.5 Å². The van der Waals surface area contributed by atoms with Crippen molar-refractivity contribution in [1.29, 1.82) is 0 Å². The van der Waals surface area contributed by atoms with Gasteiger partial charge < -0.3 is 9.47 Å². The van der Waals surface area contributed by atoms with Crippen LogP contribution in [0.4, 0.5) is 0 Å². The van der Waals surface area contributed by atoms with Gasteiger partial charge in [0.15, 0.2) is 17.3 Å². The van der Waals surface area contributed by atoms with E-state index in [0.29, 0.717) is 29.5 Å². The van der Waals surface area contributed by atoms with Crippen molar-refractivity contribution in [2.75, 3.05) is 14.2 Å². The van der Waals surface area contributed by atoms with Crippen molar-refractivity contribution < 1.29 is 9.47 Å². The first-order chi connectivity index (χ1) is 12.6. The third kappa shape index (κ3) is 2.72. The fourth-order valence-electron chi connectivity index (χ4n) is 2.97. The van der Waals surface area contributed by atoms with Crippen molar-refractivity contribution in [3.05, 3.63) is 73.9 Å². The summed E-state index contributed by atoms with van der Waals surface area (Å²) in [5, 5.41) is 11.1. The van der Waals surface area contributed by atoms with Gasteiger partial charge in [-0.3, -0.25) is 0 Å². The number of aromatic nitrogens is 3. The first kappa shape index (κ1) is 16.6. The van der Waals surface area contributed by atoms with Crippen molar-refractivity contribution in [3.8, 4) is 11.5 Å². The lowest BCUT2D eigenvalue weighted by atomic mass is 9.95. The highest BCUT2D eigenvalue weighted by molar-refractivity contribution is 9.10. The molecule has 3 aromatic rings. The van der Waals surface area contributed by atoms with Crippen LogP contribution in [-0.4, -0.2) is 34.8 Å². The van der Waals surface area contributed by atoms with Gasteiger partial charge in [-0.25, -0.2) is 9.89 Å². The summed E-state index contributed by atoms with van der Waals surface area (Å²) in [5.74, 6) is 1.76. The molecule has 1 aliphatic rings. The standard InChI is InChI=1S/C18H15BrN4O3/c1-25-14-7-11-8-16-20-21-18(24)23(16)22-17(13(11)9-15(14)26-2)10-3-5-12(19)6-4-10/h3-7,9H,8H2,1-2H3,(H,21,24). The number of hydrogen-bond donors (Lipinski definition) is 1. The van der Waals surface area contributed by atoms with Gasteiger partial charge in [-0.2, -0.15) is 14.9 Å². The van der Waals surface area contributed by atoms with Crippen LogP contribution in [0.15, 0.2) is 50.8 Å². The molecule has 26 heavy (non-hydrogen) atoms. The van der Waals surface area contributed by atoms with Gasteiger partial charge in [-0.15, -0.1) is 0 Å². The Kier molecular flexibility index (Phi) is 4.12. The van der Waals surface area contributed by atoms with Crippen molar-refractivity contribution in [3.63, 3.8) is 0 Å². The number of aromatic amines is 1. The summed E-state index contributed by atoms with van der Waals surface area (Å²) >= 11 is 3.44. The van der Waals surface area contributed by atoms with Crippen LogP contribution < -0.4 is 15.2 Å². The predicted molar refractivity (Wildman–Crippen MR) is 100 cm³/mol. The van der Waals surface area contributed by atoms with Gasteiger partial charge in [0.25, 0.3) is 0 Å². The summed E-state index contributed by atoms with van der Waals surface area (Å²) in [7, 11) is 3.18. The highest BCUT2D eigenvalue weighted by Crippen LogP contribution is 2.34. The molecule has 1 N–H and O–H groups in total. The van der Waals surface area contributed by atoms with Crippen molar-refractivity contribution >= 4 is 21.6 Å². The average Bonchev–Trinajstić information content (AvgIpc) is 2.91. The van der Waals surface area contributed by atoms with Gasteiger partial charge in [0, 0.05) is 22.0 Å². The lowest BCUT2D eigenvalue weighted by Gasteiger charge is -2.14. The molecule has 2 heterocycles. The predicted octanol–water partition coefficient (Wildman–Crippen LogP) is 2.56. The van der Waals surface area contributed by atoms with E-state index in [1.807, 2.05) is 36.4 Å². The quantitative estimate of drug-likeness (QED) is 0.558. The lowest BCUT2D eigenvalue weighted by Crippen LogP contribution is -2.16. The van der Waals surface area contributed by atoms with E-state index >= 15 is 0 Å². The highest BCUT2D eigenvalue weighted by atomic mass is 79.9. The second kappa shape index (κ2) is 6.45. The topological polar surface area (TPSA) is 81.5 Å². The van der Waals surface area contributed by atoms with E-state index < -0.39 is 0 Å². The number of fused-ring (bicyclic) bond motifs is 2. The molecule has 0 atom stereocenters. The number of benzene rings is 2. The number of H-pyrrole nitrogens is 1. The molecule has 0 bridgehead atoms. The summed E-state index contributed by atoms with van der Waals surface area (Å²) in [4.78, 5) is 12.1. The number of nitrogens with one attached hydrogen (secondary N) is 1. The molecule has 0 fully saturated rings. The summed E-state index contributed by atoms with van der Waals surface area (Å²) in [6.45, 7) is 0. The van der Waals surface area contributed by atoms with Crippen molar-refractivity contribution in [1.82, 2.24) is 14.9 Å². The molecule has 132 valence electrons. The number of rotatable bonds is 3. The molecule has 1 aromatic heterocycles. The Morgan fingerprint density at radius 1 is 1.12 bits per heavy atom. The van der Waals surface area contributed by atoms with Crippen molar-refractivity contribution in [2.24, 2.45) is 5.10 Å². The molecule has 2 aromatic carbocycles. The zero-order valence-electron chi connectivity index (χ0n) is 14.1. The molecular weight excluding hydrogens is 400 g/mol. The SMILES string of the molecule is COc1cc2c(cc1OC)C(c1ccc(Br)cc1)=Nn1c(n[nH]c1=O)C2.